The fourth-order valence-electron chi connectivity index (χ4n) is 3.29. The van der Waals surface area contributed by atoms with Gasteiger partial charge >= 0.3 is 0 Å². The van der Waals surface area contributed by atoms with Crippen LogP contribution in [0.1, 0.15) is 20.8 Å². The number of thiophene rings is 1. The maximum atomic E-state index is 14.3. The summed E-state index contributed by atoms with van der Waals surface area (Å²) in [4.78, 5) is 15.5. The molecule has 4 rings (SSSR count). The van der Waals surface area contributed by atoms with E-state index in [0.717, 1.165) is 16.8 Å². The number of fused-ring (bicyclic) bond motifs is 2. The summed E-state index contributed by atoms with van der Waals surface area (Å²) >= 11 is 1.34. The molecule has 3 nitrogen and oxygen atoms in total. The second-order valence-electron chi connectivity index (χ2n) is 5.79. The predicted molar refractivity (Wildman–Crippen MR) is 94.3 cm³/mol. The number of anilines is 1. The SMILES string of the molecule is COCc1c(C(=O)N2CCc3ccccc32)sc2cccc(F)c12. The number of amides is 1. The zero-order valence-electron chi connectivity index (χ0n) is 13.2. The fraction of sp³-hybridized carbons (Fsp3) is 0.211. The monoisotopic (exact) mass is 341 g/mol. The van der Waals surface area contributed by atoms with Crippen LogP contribution >= 0.6 is 11.3 Å². The number of carbonyl (C=O) groups is 1. The van der Waals surface area contributed by atoms with E-state index in [1.807, 2.05) is 30.3 Å². The van der Waals surface area contributed by atoms with Gasteiger partial charge in [-0.1, -0.05) is 24.3 Å². The first-order valence-electron chi connectivity index (χ1n) is 7.79. The maximum absolute atomic E-state index is 14.3. The molecule has 122 valence electrons. The average molecular weight is 341 g/mol. The first-order chi connectivity index (χ1) is 11.7. The van der Waals surface area contributed by atoms with Gasteiger partial charge in [-0.2, -0.15) is 0 Å². The molecule has 0 saturated carbocycles. The summed E-state index contributed by atoms with van der Waals surface area (Å²) in [6, 6.07) is 12.9. The van der Waals surface area contributed by atoms with Crippen molar-refractivity contribution in [3.05, 3.63) is 64.3 Å². The molecule has 1 aliphatic rings. The third-order valence-electron chi connectivity index (χ3n) is 4.38. The minimum absolute atomic E-state index is 0.0763. The molecule has 2 aromatic carbocycles. The molecule has 0 fully saturated rings. The first kappa shape index (κ1) is 15.3. The van der Waals surface area contributed by atoms with Gasteiger partial charge in [0.2, 0.25) is 0 Å². The molecule has 0 aliphatic carbocycles. The van der Waals surface area contributed by atoms with Crippen molar-refractivity contribution in [2.45, 2.75) is 13.0 Å². The normalized spacial score (nSPS) is 13.5. The average Bonchev–Trinajstić information content (AvgIpc) is 3.17. The Labute approximate surface area is 143 Å². The number of hydrogen-bond donors (Lipinski definition) is 0. The number of rotatable bonds is 3. The topological polar surface area (TPSA) is 29.5 Å². The summed E-state index contributed by atoms with van der Waals surface area (Å²) in [5.74, 6) is -0.385. The lowest BCUT2D eigenvalue weighted by Gasteiger charge is -2.17. The Hall–Kier alpha value is -2.24. The van der Waals surface area contributed by atoms with Gasteiger partial charge in [0, 0.05) is 35.0 Å². The van der Waals surface area contributed by atoms with E-state index in [2.05, 4.69) is 0 Å². The number of para-hydroxylation sites is 1. The van der Waals surface area contributed by atoms with E-state index < -0.39 is 0 Å². The van der Waals surface area contributed by atoms with E-state index in [1.54, 1.807) is 18.1 Å². The quantitative estimate of drug-likeness (QED) is 0.707. The lowest BCUT2D eigenvalue weighted by atomic mass is 10.1. The van der Waals surface area contributed by atoms with Crippen molar-refractivity contribution < 1.29 is 13.9 Å². The maximum Gasteiger partial charge on any atom is 0.268 e. The third kappa shape index (κ3) is 2.32. The number of benzene rings is 2. The summed E-state index contributed by atoms with van der Waals surface area (Å²) in [5.41, 5.74) is 2.76. The molecule has 0 saturated heterocycles. The molecule has 0 unspecified atom stereocenters. The molecule has 1 aliphatic heterocycles. The standard InChI is InChI=1S/C19H16FNO2S/c1-23-11-13-17-14(20)6-4-8-16(17)24-18(13)19(22)21-10-9-12-5-2-3-7-15(12)21/h2-8H,9-11H2,1H3. The van der Waals surface area contributed by atoms with Crippen LogP contribution in [-0.2, 0) is 17.8 Å². The van der Waals surface area contributed by atoms with Crippen molar-refractivity contribution >= 4 is 33.0 Å². The summed E-state index contributed by atoms with van der Waals surface area (Å²) in [6.07, 6.45) is 0.848. The molecule has 5 heteroatoms. The second kappa shape index (κ2) is 6.00. The lowest BCUT2D eigenvalue weighted by molar-refractivity contribution is 0.0989. The molecule has 0 N–H and O–H groups in total. The molecule has 0 spiro atoms. The molecular formula is C19H16FNO2S. The van der Waals surface area contributed by atoms with Gasteiger partial charge in [-0.15, -0.1) is 11.3 Å². The van der Waals surface area contributed by atoms with Crippen LogP contribution < -0.4 is 4.90 Å². The number of nitrogens with zero attached hydrogens (tertiary/aromatic N) is 1. The van der Waals surface area contributed by atoms with Crippen LogP contribution in [0.25, 0.3) is 10.1 Å². The molecule has 0 bridgehead atoms. The van der Waals surface area contributed by atoms with Gasteiger partial charge in [-0.05, 0) is 30.2 Å². The molecule has 24 heavy (non-hydrogen) atoms. The van der Waals surface area contributed by atoms with Crippen LogP contribution in [0.4, 0.5) is 10.1 Å². The number of ether oxygens (including phenoxy) is 1. The van der Waals surface area contributed by atoms with Gasteiger partial charge in [-0.25, -0.2) is 4.39 Å². The summed E-state index contributed by atoms with van der Waals surface area (Å²) < 4.78 is 20.3. The van der Waals surface area contributed by atoms with E-state index in [0.29, 0.717) is 22.4 Å². The second-order valence-corrected chi connectivity index (χ2v) is 6.84. The van der Waals surface area contributed by atoms with Crippen molar-refractivity contribution in [3.8, 4) is 0 Å². The fourth-order valence-corrected chi connectivity index (χ4v) is 4.46. The highest BCUT2D eigenvalue weighted by Crippen LogP contribution is 2.37. The minimum atomic E-state index is -0.309. The van der Waals surface area contributed by atoms with E-state index >= 15 is 0 Å². The highest BCUT2D eigenvalue weighted by Gasteiger charge is 2.29. The Morgan fingerprint density at radius 3 is 2.92 bits per heavy atom. The molecule has 1 aromatic heterocycles. The smallest absolute Gasteiger partial charge is 0.268 e. The minimum Gasteiger partial charge on any atom is -0.380 e. The molecule has 0 radical (unpaired) electrons. The van der Waals surface area contributed by atoms with Gasteiger partial charge in [0.15, 0.2) is 0 Å². The molecule has 1 amide bonds. The van der Waals surface area contributed by atoms with Crippen molar-refractivity contribution in [3.63, 3.8) is 0 Å². The third-order valence-corrected chi connectivity index (χ3v) is 5.56. The van der Waals surface area contributed by atoms with E-state index in [9.17, 15) is 9.18 Å². The zero-order chi connectivity index (χ0) is 16.7. The highest BCUT2D eigenvalue weighted by atomic mass is 32.1. The van der Waals surface area contributed by atoms with Crippen LogP contribution in [0.3, 0.4) is 0 Å². The van der Waals surface area contributed by atoms with Crippen molar-refractivity contribution in [1.82, 2.24) is 0 Å². The van der Waals surface area contributed by atoms with E-state index in [-0.39, 0.29) is 18.3 Å². The lowest BCUT2D eigenvalue weighted by Crippen LogP contribution is -2.28. The Morgan fingerprint density at radius 2 is 2.08 bits per heavy atom. The Bertz CT molecular complexity index is 934. The predicted octanol–water partition coefficient (Wildman–Crippen LogP) is 4.39. The van der Waals surface area contributed by atoms with Crippen molar-refractivity contribution in [2.75, 3.05) is 18.6 Å². The van der Waals surface area contributed by atoms with Crippen LogP contribution in [0.15, 0.2) is 42.5 Å². The number of carbonyl (C=O) groups excluding carboxylic acids is 1. The summed E-state index contributed by atoms with van der Waals surface area (Å²) in [7, 11) is 1.56. The van der Waals surface area contributed by atoms with E-state index in [1.165, 1.54) is 23.0 Å². The van der Waals surface area contributed by atoms with Crippen LogP contribution in [0, 0.1) is 5.82 Å². The molecule has 0 atom stereocenters. The largest absolute Gasteiger partial charge is 0.380 e. The zero-order valence-corrected chi connectivity index (χ0v) is 14.0. The Morgan fingerprint density at radius 1 is 1.25 bits per heavy atom. The number of halogens is 1. The van der Waals surface area contributed by atoms with Gasteiger partial charge in [0.05, 0.1) is 11.5 Å². The van der Waals surface area contributed by atoms with Gasteiger partial charge in [-0.3, -0.25) is 4.79 Å². The van der Waals surface area contributed by atoms with Crippen LogP contribution in [-0.4, -0.2) is 19.6 Å². The van der Waals surface area contributed by atoms with Gasteiger partial charge in [0.1, 0.15) is 5.82 Å². The molecule has 2 heterocycles. The van der Waals surface area contributed by atoms with Gasteiger partial charge < -0.3 is 9.64 Å². The number of methoxy groups -OCH3 is 1. The first-order valence-corrected chi connectivity index (χ1v) is 8.61. The van der Waals surface area contributed by atoms with Gasteiger partial charge in [0.25, 0.3) is 5.91 Å². The summed E-state index contributed by atoms with van der Waals surface area (Å²) in [6.45, 7) is 0.874. The van der Waals surface area contributed by atoms with Crippen molar-refractivity contribution in [2.24, 2.45) is 0 Å². The summed E-state index contributed by atoms with van der Waals surface area (Å²) in [5, 5.41) is 0.500. The molecular weight excluding hydrogens is 325 g/mol. The van der Waals surface area contributed by atoms with Crippen LogP contribution in [0.5, 0.6) is 0 Å². The molecule has 3 aromatic rings. The Kier molecular flexibility index (Phi) is 3.82. The van der Waals surface area contributed by atoms with Crippen LogP contribution in [0.2, 0.25) is 0 Å². The number of hydrogen-bond acceptors (Lipinski definition) is 3. The highest BCUT2D eigenvalue weighted by molar-refractivity contribution is 7.21. The van der Waals surface area contributed by atoms with Crippen molar-refractivity contribution in [1.29, 1.82) is 0 Å². The Balaban J connectivity index is 1.83. The van der Waals surface area contributed by atoms with E-state index in [4.69, 9.17) is 4.74 Å².